The second-order valence-corrected chi connectivity index (χ2v) is 10.4. The second kappa shape index (κ2) is 11.7. The minimum atomic E-state index is -0.589. The SMILES string of the molecule is COc1ccc(Cl)cc1C[C@@H]1CNC(=S)CN(C(=O)NCc2ccc(C(=O)OC(C)(C)C)cc2)C1=O. The Bertz CT molecular complexity index is 1150. The topological polar surface area (TPSA) is 97.0 Å². The van der Waals surface area contributed by atoms with Gasteiger partial charge in [-0.3, -0.25) is 9.69 Å². The lowest BCUT2D eigenvalue weighted by Crippen LogP contribution is -2.47. The summed E-state index contributed by atoms with van der Waals surface area (Å²) in [5.74, 6) is -0.694. The molecule has 0 aromatic heterocycles. The van der Waals surface area contributed by atoms with Crippen molar-refractivity contribution in [3.63, 3.8) is 0 Å². The fourth-order valence-electron chi connectivity index (χ4n) is 3.69. The van der Waals surface area contributed by atoms with E-state index in [0.717, 1.165) is 16.0 Å². The molecule has 1 saturated heterocycles. The van der Waals surface area contributed by atoms with Gasteiger partial charge in [-0.05, 0) is 68.7 Å². The lowest BCUT2D eigenvalue weighted by Gasteiger charge is -2.23. The largest absolute Gasteiger partial charge is 0.496 e. The van der Waals surface area contributed by atoms with Crippen LogP contribution in [0.3, 0.4) is 0 Å². The van der Waals surface area contributed by atoms with E-state index in [1.807, 2.05) is 0 Å². The zero-order valence-electron chi connectivity index (χ0n) is 20.7. The van der Waals surface area contributed by atoms with Crippen LogP contribution in [0.4, 0.5) is 4.79 Å². The second-order valence-electron chi connectivity index (χ2n) is 9.44. The number of esters is 1. The maximum atomic E-state index is 13.3. The zero-order valence-corrected chi connectivity index (χ0v) is 22.3. The van der Waals surface area contributed by atoms with E-state index in [1.54, 1.807) is 70.3 Å². The number of ether oxygens (including phenoxy) is 2. The average Bonchev–Trinajstić information content (AvgIpc) is 2.95. The molecular formula is C26H30ClN3O5S. The minimum absolute atomic E-state index is 0.0131. The van der Waals surface area contributed by atoms with Gasteiger partial charge in [-0.2, -0.15) is 0 Å². The normalized spacial score (nSPS) is 16.1. The summed E-state index contributed by atoms with van der Waals surface area (Å²) in [5, 5.41) is 6.36. The summed E-state index contributed by atoms with van der Waals surface area (Å²) in [6.07, 6.45) is 0.327. The number of carbonyl (C=O) groups is 3. The standard InChI is InChI=1S/C26H30ClN3O5S/c1-26(2,3)35-24(32)17-7-5-16(6-8-17)13-29-25(33)30-15-22(36)28-14-19(23(30)31)11-18-12-20(27)9-10-21(18)34-4/h5-10,12,19H,11,13-15H2,1-4H3,(H,28,36)(H,29,33)/t19-/m1/s1. The Labute approximate surface area is 221 Å². The third-order valence-electron chi connectivity index (χ3n) is 5.45. The quantitative estimate of drug-likeness (QED) is 0.427. The number of hydrogen-bond acceptors (Lipinski definition) is 6. The van der Waals surface area contributed by atoms with Crippen molar-refractivity contribution in [1.82, 2.24) is 15.5 Å². The van der Waals surface area contributed by atoms with Gasteiger partial charge in [0, 0.05) is 18.1 Å². The summed E-state index contributed by atoms with van der Waals surface area (Å²) in [6.45, 7) is 5.86. The molecule has 0 saturated carbocycles. The molecule has 1 fully saturated rings. The maximum Gasteiger partial charge on any atom is 0.338 e. The molecule has 8 nitrogen and oxygen atoms in total. The highest BCUT2D eigenvalue weighted by Gasteiger charge is 2.33. The molecular weight excluding hydrogens is 502 g/mol. The first-order chi connectivity index (χ1) is 17.0. The molecule has 36 heavy (non-hydrogen) atoms. The number of urea groups is 1. The van der Waals surface area contributed by atoms with Crippen LogP contribution in [-0.4, -0.2) is 53.6 Å². The van der Waals surface area contributed by atoms with Crippen LogP contribution in [0, 0.1) is 5.92 Å². The van der Waals surface area contributed by atoms with E-state index >= 15 is 0 Å². The van der Waals surface area contributed by atoms with Gasteiger partial charge in [0.15, 0.2) is 0 Å². The van der Waals surface area contributed by atoms with Gasteiger partial charge in [-0.1, -0.05) is 36.0 Å². The molecule has 0 radical (unpaired) electrons. The van der Waals surface area contributed by atoms with Crippen molar-refractivity contribution in [3.05, 3.63) is 64.2 Å². The summed E-state index contributed by atoms with van der Waals surface area (Å²) in [5.41, 5.74) is 1.36. The number of rotatable bonds is 6. The van der Waals surface area contributed by atoms with E-state index in [1.165, 1.54) is 0 Å². The van der Waals surface area contributed by atoms with Crippen molar-refractivity contribution in [2.75, 3.05) is 20.2 Å². The highest BCUT2D eigenvalue weighted by Crippen LogP contribution is 2.26. The van der Waals surface area contributed by atoms with Gasteiger partial charge in [-0.25, -0.2) is 9.59 Å². The number of benzene rings is 2. The van der Waals surface area contributed by atoms with E-state index in [9.17, 15) is 14.4 Å². The summed E-state index contributed by atoms with van der Waals surface area (Å²) in [4.78, 5) is 40.0. The van der Waals surface area contributed by atoms with Gasteiger partial charge in [0.05, 0.1) is 30.1 Å². The van der Waals surface area contributed by atoms with Crippen LogP contribution in [0.15, 0.2) is 42.5 Å². The predicted molar refractivity (Wildman–Crippen MR) is 141 cm³/mol. The molecule has 0 unspecified atom stereocenters. The third kappa shape index (κ3) is 7.41. The molecule has 2 aromatic carbocycles. The van der Waals surface area contributed by atoms with Crippen LogP contribution < -0.4 is 15.4 Å². The molecule has 3 rings (SSSR count). The number of thiocarbonyl (C=S) groups is 1. The summed E-state index contributed by atoms with van der Waals surface area (Å²) in [7, 11) is 1.55. The minimum Gasteiger partial charge on any atom is -0.496 e. The van der Waals surface area contributed by atoms with Gasteiger partial charge >= 0.3 is 12.0 Å². The highest BCUT2D eigenvalue weighted by molar-refractivity contribution is 7.80. The number of imide groups is 1. The van der Waals surface area contributed by atoms with E-state index in [4.69, 9.17) is 33.3 Å². The van der Waals surface area contributed by atoms with Gasteiger partial charge in [-0.15, -0.1) is 0 Å². The Morgan fingerprint density at radius 2 is 1.89 bits per heavy atom. The van der Waals surface area contributed by atoms with E-state index in [2.05, 4.69) is 10.6 Å². The molecule has 2 aromatic rings. The number of carbonyl (C=O) groups excluding carboxylic acids is 3. The lowest BCUT2D eigenvalue weighted by atomic mass is 9.97. The van der Waals surface area contributed by atoms with Crippen LogP contribution in [0.5, 0.6) is 5.75 Å². The van der Waals surface area contributed by atoms with Crippen LogP contribution in [0.25, 0.3) is 0 Å². The van der Waals surface area contributed by atoms with Crippen molar-refractivity contribution in [2.24, 2.45) is 5.92 Å². The van der Waals surface area contributed by atoms with Crippen molar-refractivity contribution < 1.29 is 23.9 Å². The lowest BCUT2D eigenvalue weighted by molar-refractivity contribution is -0.131. The molecule has 1 atom stereocenters. The number of hydrogen-bond donors (Lipinski definition) is 2. The Morgan fingerprint density at radius 3 is 2.53 bits per heavy atom. The molecule has 3 amide bonds. The molecule has 1 heterocycles. The van der Waals surface area contributed by atoms with Crippen LogP contribution in [-0.2, 0) is 22.5 Å². The molecule has 0 spiro atoms. The number of amides is 3. The van der Waals surface area contributed by atoms with Gasteiger partial charge in [0.1, 0.15) is 11.4 Å². The molecule has 1 aliphatic rings. The van der Waals surface area contributed by atoms with Crippen molar-refractivity contribution in [1.29, 1.82) is 0 Å². The average molecular weight is 532 g/mol. The molecule has 0 aliphatic carbocycles. The third-order valence-corrected chi connectivity index (χ3v) is 5.96. The smallest absolute Gasteiger partial charge is 0.338 e. The van der Waals surface area contributed by atoms with E-state index in [-0.39, 0.29) is 19.0 Å². The fraction of sp³-hybridized carbons (Fsp3) is 0.385. The number of methoxy groups -OCH3 is 1. The van der Waals surface area contributed by atoms with E-state index < -0.39 is 23.5 Å². The maximum absolute atomic E-state index is 13.3. The summed E-state index contributed by atoms with van der Waals surface area (Å²) >= 11 is 11.4. The first kappa shape index (κ1) is 27.4. The highest BCUT2D eigenvalue weighted by atomic mass is 35.5. The van der Waals surface area contributed by atoms with Gasteiger partial charge < -0.3 is 20.1 Å². The molecule has 2 N–H and O–H groups in total. The van der Waals surface area contributed by atoms with Crippen molar-refractivity contribution in [2.45, 2.75) is 39.3 Å². The summed E-state index contributed by atoms with van der Waals surface area (Å²) in [6, 6.07) is 11.4. The fourth-order valence-corrected chi connectivity index (χ4v) is 4.10. The van der Waals surface area contributed by atoms with Gasteiger partial charge in [0.25, 0.3) is 0 Å². The first-order valence-corrected chi connectivity index (χ1v) is 12.3. The first-order valence-electron chi connectivity index (χ1n) is 11.5. The molecule has 1 aliphatic heterocycles. The molecule has 192 valence electrons. The Kier molecular flexibility index (Phi) is 8.92. The van der Waals surface area contributed by atoms with Gasteiger partial charge in [0.2, 0.25) is 5.91 Å². The van der Waals surface area contributed by atoms with Crippen LogP contribution >= 0.6 is 23.8 Å². The monoisotopic (exact) mass is 531 g/mol. The number of halogens is 1. The summed E-state index contributed by atoms with van der Waals surface area (Å²) < 4.78 is 10.8. The zero-order chi connectivity index (χ0) is 26.5. The number of nitrogens with zero attached hydrogens (tertiary/aromatic N) is 1. The molecule has 0 bridgehead atoms. The van der Waals surface area contributed by atoms with E-state index in [0.29, 0.717) is 34.3 Å². The van der Waals surface area contributed by atoms with Crippen molar-refractivity contribution >= 4 is 46.7 Å². The molecule has 10 heteroatoms. The van der Waals surface area contributed by atoms with Crippen LogP contribution in [0.2, 0.25) is 5.02 Å². The predicted octanol–water partition coefficient (Wildman–Crippen LogP) is 4.13. The van der Waals surface area contributed by atoms with Crippen molar-refractivity contribution in [3.8, 4) is 5.75 Å². The Balaban J connectivity index is 1.66. The number of nitrogens with one attached hydrogen (secondary N) is 2. The Hall–Kier alpha value is -3.17. The Morgan fingerprint density at radius 1 is 1.19 bits per heavy atom. The van der Waals surface area contributed by atoms with Crippen LogP contribution in [0.1, 0.15) is 42.3 Å².